The molecule has 0 unspecified atom stereocenters. The molecule has 1 N–H and O–H groups in total. The number of hydrogen-bond donors (Lipinski definition) is 1. The van der Waals surface area contributed by atoms with Crippen LogP contribution < -0.4 is 19.5 Å². The van der Waals surface area contributed by atoms with E-state index in [1.807, 2.05) is 37.3 Å². The number of methoxy groups -OCH3 is 1. The second-order valence-electron chi connectivity index (χ2n) is 7.50. The Kier molecular flexibility index (Phi) is 7.86. The Hall–Kier alpha value is -4.31. The minimum atomic E-state index is -0.520. The Bertz CT molecular complexity index is 1320. The molecule has 0 aliphatic carbocycles. The van der Waals surface area contributed by atoms with Gasteiger partial charge in [-0.2, -0.15) is 0 Å². The number of nitrogens with zero attached hydrogens (tertiary/aromatic N) is 2. The van der Waals surface area contributed by atoms with Gasteiger partial charge in [-0.05, 0) is 60.7 Å². The van der Waals surface area contributed by atoms with Crippen LogP contribution in [0.4, 0.5) is 11.4 Å². The van der Waals surface area contributed by atoms with Crippen molar-refractivity contribution < 1.29 is 23.9 Å². The first kappa shape index (κ1) is 24.8. The molecule has 0 bridgehead atoms. The summed E-state index contributed by atoms with van der Waals surface area (Å²) >= 11 is 1.09. The average Bonchev–Trinajstić information content (AvgIpc) is 3.22. The number of benzene rings is 3. The standard InChI is InChI=1S/C26H23N3O6S/c1-3-34-20-11-9-19(10-12-20)27-26-28-25(30)24(36-26)14-18-13-22(33-2)23(15-21(18)29(31)32)35-16-17-7-5-4-6-8-17/h4-15H,3,16H2,1-2H3,(H,27,28,30)/b24-14+. The van der Waals surface area contributed by atoms with E-state index in [2.05, 4.69) is 10.3 Å². The molecule has 36 heavy (non-hydrogen) atoms. The third kappa shape index (κ3) is 6.02. The van der Waals surface area contributed by atoms with Gasteiger partial charge in [0.25, 0.3) is 11.6 Å². The second kappa shape index (κ2) is 11.4. The minimum absolute atomic E-state index is 0.211. The van der Waals surface area contributed by atoms with Crippen LogP contribution in [0.15, 0.2) is 76.6 Å². The average molecular weight is 506 g/mol. The van der Waals surface area contributed by atoms with Crippen molar-refractivity contribution in [3.05, 3.63) is 92.9 Å². The summed E-state index contributed by atoms with van der Waals surface area (Å²) in [6.45, 7) is 2.68. The highest BCUT2D eigenvalue weighted by Gasteiger charge is 2.26. The summed E-state index contributed by atoms with van der Waals surface area (Å²) in [6.07, 6.45) is 1.45. The Balaban J connectivity index is 1.58. The third-order valence-electron chi connectivity index (χ3n) is 5.06. The lowest BCUT2D eigenvalue weighted by atomic mass is 10.1. The molecule has 3 aromatic carbocycles. The maximum atomic E-state index is 12.6. The van der Waals surface area contributed by atoms with Crippen molar-refractivity contribution in [3.63, 3.8) is 0 Å². The summed E-state index contributed by atoms with van der Waals surface area (Å²) in [4.78, 5) is 28.6. The van der Waals surface area contributed by atoms with Crippen LogP contribution >= 0.6 is 11.8 Å². The Morgan fingerprint density at radius 3 is 2.47 bits per heavy atom. The van der Waals surface area contributed by atoms with Crippen LogP contribution in [0.1, 0.15) is 18.1 Å². The van der Waals surface area contributed by atoms with E-state index in [9.17, 15) is 14.9 Å². The van der Waals surface area contributed by atoms with Crippen molar-refractivity contribution >= 4 is 40.3 Å². The van der Waals surface area contributed by atoms with Crippen molar-refractivity contribution in [2.24, 2.45) is 4.99 Å². The highest BCUT2D eigenvalue weighted by molar-refractivity contribution is 8.18. The molecule has 0 spiro atoms. The Labute approximate surface area is 211 Å². The van der Waals surface area contributed by atoms with E-state index < -0.39 is 10.8 Å². The third-order valence-corrected chi connectivity index (χ3v) is 5.97. The largest absolute Gasteiger partial charge is 0.494 e. The fourth-order valence-corrected chi connectivity index (χ4v) is 4.20. The van der Waals surface area contributed by atoms with E-state index >= 15 is 0 Å². The maximum absolute atomic E-state index is 12.6. The van der Waals surface area contributed by atoms with Gasteiger partial charge >= 0.3 is 0 Å². The molecule has 1 heterocycles. The van der Waals surface area contributed by atoms with E-state index in [1.54, 1.807) is 24.3 Å². The lowest BCUT2D eigenvalue weighted by molar-refractivity contribution is -0.385. The summed E-state index contributed by atoms with van der Waals surface area (Å²) in [7, 11) is 1.45. The predicted molar refractivity (Wildman–Crippen MR) is 139 cm³/mol. The van der Waals surface area contributed by atoms with Gasteiger partial charge in [-0.15, -0.1) is 0 Å². The first-order valence-electron chi connectivity index (χ1n) is 11.0. The highest BCUT2D eigenvalue weighted by Crippen LogP contribution is 2.38. The Morgan fingerprint density at radius 2 is 1.81 bits per heavy atom. The van der Waals surface area contributed by atoms with Crippen LogP contribution in [0, 0.1) is 10.1 Å². The van der Waals surface area contributed by atoms with Crippen molar-refractivity contribution in [2.75, 3.05) is 13.7 Å². The summed E-state index contributed by atoms with van der Waals surface area (Å²) in [5, 5.41) is 14.9. The van der Waals surface area contributed by atoms with Crippen molar-refractivity contribution in [2.45, 2.75) is 13.5 Å². The summed E-state index contributed by atoms with van der Waals surface area (Å²) < 4.78 is 16.6. The van der Waals surface area contributed by atoms with Crippen molar-refractivity contribution in [3.8, 4) is 17.2 Å². The zero-order valence-corrected chi connectivity index (χ0v) is 20.4. The normalized spacial score (nSPS) is 15.1. The van der Waals surface area contributed by atoms with Gasteiger partial charge in [-0.1, -0.05) is 30.3 Å². The van der Waals surface area contributed by atoms with Gasteiger partial charge in [0.15, 0.2) is 16.7 Å². The molecule has 184 valence electrons. The van der Waals surface area contributed by atoms with Gasteiger partial charge in [-0.3, -0.25) is 14.9 Å². The van der Waals surface area contributed by atoms with Crippen LogP contribution in [0.2, 0.25) is 0 Å². The fourth-order valence-electron chi connectivity index (χ4n) is 3.37. The van der Waals surface area contributed by atoms with Crippen LogP contribution in [-0.2, 0) is 11.4 Å². The summed E-state index contributed by atoms with van der Waals surface area (Å²) in [6, 6.07) is 19.4. The molecule has 0 saturated carbocycles. The van der Waals surface area contributed by atoms with E-state index in [-0.39, 0.29) is 28.5 Å². The van der Waals surface area contributed by atoms with E-state index in [1.165, 1.54) is 25.3 Å². The second-order valence-corrected chi connectivity index (χ2v) is 8.53. The first-order valence-corrected chi connectivity index (χ1v) is 11.8. The Morgan fingerprint density at radius 1 is 1.06 bits per heavy atom. The number of nitro groups is 1. The zero-order chi connectivity index (χ0) is 25.5. The number of nitrogens with one attached hydrogen (secondary N) is 1. The van der Waals surface area contributed by atoms with Crippen molar-refractivity contribution in [1.29, 1.82) is 0 Å². The number of carbonyl (C=O) groups is 1. The number of amides is 1. The smallest absolute Gasteiger partial charge is 0.280 e. The number of amidine groups is 1. The number of nitro benzene ring substituents is 1. The summed E-state index contributed by atoms with van der Waals surface area (Å²) in [5.41, 5.74) is 1.54. The zero-order valence-electron chi connectivity index (χ0n) is 19.6. The molecule has 9 nitrogen and oxygen atoms in total. The van der Waals surface area contributed by atoms with Gasteiger partial charge in [0.2, 0.25) is 0 Å². The number of rotatable bonds is 9. The van der Waals surface area contributed by atoms with Crippen LogP contribution in [-0.4, -0.2) is 29.7 Å². The number of carbonyl (C=O) groups excluding carboxylic acids is 1. The predicted octanol–water partition coefficient (Wildman–Crippen LogP) is 5.47. The van der Waals surface area contributed by atoms with Gasteiger partial charge in [-0.25, -0.2) is 4.99 Å². The van der Waals surface area contributed by atoms with Crippen LogP contribution in [0.25, 0.3) is 6.08 Å². The van der Waals surface area contributed by atoms with E-state index in [0.29, 0.717) is 23.2 Å². The molecule has 10 heteroatoms. The van der Waals surface area contributed by atoms with Crippen LogP contribution in [0.3, 0.4) is 0 Å². The SMILES string of the molecule is CCOc1ccc(N=C2NC(=O)/C(=C\c3cc(OC)c(OCc4ccccc4)cc3[N+](=O)[O-])S2)cc1. The molecule has 4 rings (SSSR count). The fraction of sp³-hybridized carbons (Fsp3) is 0.154. The lowest BCUT2D eigenvalue weighted by Crippen LogP contribution is -2.19. The molecule has 1 saturated heterocycles. The molecule has 1 aliphatic heterocycles. The molecular formula is C26H23N3O6S. The quantitative estimate of drug-likeness (QED) is 0.233. The first-order chi connectivity index (χ1) is 17.5. The molecule has 1 aliphatic rings. The van der Waals surface area contributed by atoms with Gasteiger partial charge in [0.05, 0.1) is 40.9 Å². The monoisotopic (exact) mass is 505 g/mol. The topological polar surface area (TPSA) is 112 Å². The van der Waals surface area contributed by atoms with Crippen molar-refractivity contribution in [1.82, 2.24) is 5.32 Å². The van der Waals surface area contributed by atoms with E-state index in [0.717, 1.165) is 23.1 Å². The maximum Gasteiger partial charge on any atom is 0.280 e. The molecule has 1 amide bonds. The highest BCUT2D eigenvalue weighted by atomic mass is 32.2. The lowest BCUT2D eigenvalue weighted by Gasteiger charge is -2.12. The molecular weight excluding hydrogens is 482 g/mol. The van der Waals surface area contributed by atoms with Crippen LogP contribution in [0.5, 0.6) is 17.2 Å². The molecule has 0 aromatic heterocycles. The molecule has 0 radical (unpaired) electrons. The molecule has 1 fully saturated rings. The number of hydrogen-bond acceptors (Lipinski definition) is 8. The van der Waals surface area contributed by atoms with Gasteiger partial charge in [0, 0.05) is 0 Å². The molecule has 0 atom stereocenters. The van der Waals surface area contributed by atoms with E-state index in [4.69, 9.17) is 14.2 Å². The molecule has 3 aromatic rings. The summed E-state index contributed by atoms with van der Waals surface area (Å²) in [5.74, 6) is 0.872. The minimum Gasteiger partial charge on any atom is -0.494 e. The number of ether oxygens (including phenoxy) is 3. The van der Waals surface area contributed by atoms with Gasteiger partial charge in [0.1, 0.15) is 12.4 Å². The number of aliphatic imine (C=N–C) groups is 1. The number of thioether (sulfide) groups is 1. The van der Waals surface area contributed by atoms with Gasteiger partial charge < -0.3 is 19.5 Å².